The second kappa shape index (κ2) is 4.79. The van der Waals surface area contributed by atoms with Crippen molar-refractivity contribution < 1.29 is 8.42 Å². The van der Waals surface area contributed by atoms with Gasteiger partial charge < -0.3 is 10.3 Å². The fraction of sp³-hybridized carbons (Fsp3) is 0.182. The van der Waals surface area contributed by atoms with Crippen LogP contribution >= 0.6 is 0 Å². The van der Waals surface area contributed by atoms with Gasteiger partial charge in [-0.15, -0.1) is 0 Å². The summed E-state index contributed by atoms with van der Waals surface area (Å²) in [6.07, 6.45) is 2.87. The number of hydrogen-bond donors (Lipinski definition) is 2. The molecular weight excluding hydrogens is 252 g/mol. The summed E-state index contributed by atoms with van der Waals surface area (Å²) in [5, 5.41) is -0.0168. The van der Waals surface area contributed by atoms with Gasteiger partial charge in [0, 0.05) is 19.8 Å². The highest BCUT2D eigenvalue weighted by Gasteiger charge is 2.18. The third-order valence-electron chi connectivity index (χ3n) is 2.44. The van der Waals surface area contributed by atoms with Gasteiger partial charge in [0.1, 0.15) is 0 Å². The van der Waals surface area contributed by atoms with Crippen molar-refractivity contribution in [3.8, 4) is 0 Å². The molecule has 0 saturated heterocycles. The van der Waals surface area contributed by atoms with Crippen LogP contribution in [0.25, 0.3) is 0 Å². The molecule has 1 aromatic heterocycles. The standard InChI is InChI=1S/C11H14N4O2S/c1-15-7-11(13-8-15)18(16,17)14-10-5-3-2-4-9(10)6-12/h2-5,7-8,14H,6,12H2,1H3. The second-order valence-electron chi connectivity index (χ2n) is 3.84. The van der Waals surface area contributed by atoms with Gasteiger partial charge in [-0.3, -0.25) is 4.72 Å². The fourth-order valence-electron chi connectivity index (χ4n) is 1.52. The molecule has 0 atom stereocenters. The summed E-state index contributed by atoms with van der Waals surface area (Å²) in [5.74, 6) is 0. The smallest absolute Gasteiger partial charge is 0.280 e. The van der Waals surface area contributed by atoms with E-state index in [0.29, 0.717) is 5.69 Å². The van der Waals surface area contributed by atoms with Gasteiger partial charge in [-0.2, -0.15) is 8.42 Å². The van der Waals surface area contributed by atoms with Gasteiger partial charge >= 0.3 is 0 Å². The van der Waals surface area contributed by atoms with E-state index < -0.39 is 10.0 Å². The molecule has 1 heterocycles. The van der Waals surface area contributed by atoms with Gasteiger partial charge in [0.05, 0.1) is 12.0 Å². The number of aromatic nitrogens is 2. The molecule has 0 aliphatic heterocycles. The average molecular weight is 266 g/mol. The third-order valence-corrected chi connectivity index (χ3v) is 3.69. The van der Waals surface area contributed by atoms with Crippen LogP contribution in [0.2, 0.25) is 0 Å². The second-order valence-corrected chi connectivity index (χ2v) is 5.47. The van der Waals surface area contributed by atoms with E-state index in [1.807, 2.05) is 0 Å². The first kappa shape index (κ1) is 12.6. The van der Waals surface area contributed by atoms with Gasteiger partial charge in [-0.25, -0.2) is 4.98 Å². The normalized spacial score (nSPS) is 11.4. The number of para-hydroxylation sites is 1. The van der Waals surface area contributed by atoms with Crippen LogP contribution < -0.4 is 10.5 Å². The zero-order chi connectivity index (χ0) is 13.2. The summed E-state index contributed by atoms with van der Waals surface area (Å²) in [4.78, 5) is 3.82. The molecule has 0 bridgehead atoms. The van der Waals surface area contributed by atoms with Crippen molar-refractivity contribution in [3.05, 3.63) is 42.4 Å². The Bertz CT molecular complexity index is 649. The highest BCUT2D eigenvalue weighted by Crippen LogP contribution is 2.18. The first-order valence-electron chi connectivity index (χ1n) is 5.31. The number of nitrogens with zero attached hydrogens (tertiary/aromatic N) is 2. The van der Waals surface area contributed by atoms with Crippen LogP contribution in [0.4, 0.5) is 5.69 Å². The minimum absolute atomic E-state index is 0.0168. The number of rotatable bonds is 4. The molecule has 0 aliphatic rings. The Kier molecular flexibility index (Phi) is 3.35. The van der Waals surface area contributed by atoms with Crippen molar-refractivity contribution in [2.45, 2.75) is 11.6 Å². The maximum atomic E-state index is 12.1. The van der Waals surface area contributed by atoms with Gasteiger partial charge in [-0.05, 0) is 11.6 Å². The zero-order valence-corrected chi connectivity index (χ0v) is 10.7. The lowest BCUT2D eigenvalue weighted by Gasteiger charge is -2.09. The molecule has 0 fully saturated rings. The van der Waals surface area contributed by atoms with Crippen molar-refractivity contribution in [2.24, 2.45) is 12.8 Å². The van der Waals surface area contributed by atoms with Crippen molar-refractivity contribution in [2.75, 3.05) is 4.72 Å². The predicted octanol–water partition coefficient (Wildman–Crippen LogP) is 0.680. The molecule has 1 aromatic carbocycles. The molecule has 2 rings (SSSR count). The van der Waals surface area contributed by atoms with Crippen LogP contribution in [0.1, 0.15) is 5.56 Å². The number of imidazole rings is 1. The van der Waals surface area contributed by atoms with Crippen molar-refractivity contribution in [3.63, 3.8) is 0 Å². The number of anilines is 1. The molecule has 0 unspecified atom stereocenters. The lowest BCUT2D eigenvalue weighted by molar-refractivity contribution is 0.598. The van der Waals surface area contributed by atoms with Crippen LogP contribution in [0, 0.1) is 0 Å². The van der Waals surface area contributed by atoms with Crippen molar-refractivity contribution in [1.82, 2.24) is 9.55 Å². The number of hydrogen-bond acceptors (Lipinski definition) is 4. The van der Waals surface area contributed by atoms with E-state index >= 15 is 0 Å². The molecule has 3 N–H and O–H groups in total. The van der Waals surface area contributed by atoms with E-state index in [1.165, 1.54) is 12.5 Å². The summed E-state index contributed by atoms with van der Waals surface area (Å²) in [6, 6.07) is 7.00. The molecule has 6 nitrogen and oxygen atoms in total. The van der Waals surface area contributed by atoms with E-state index in [1.54, 1.807) is 35.9 Å². The van der Waals surface area contributed by atoms with Gasteiger partial charge in [0.15, 0.2) is 5.03 Å². The lowest BCUT2D eigenvalue weighted by Crippen LogP contribution is -2.15. The Labute approximate surface area is 106 Å². The Hall–Kier alpha value is -1.86. The molecule has 0 radical (unpaired) electrons. The van der Waals surface area contributed by atoms with Gasteiger partial charge in [0.2, 0.25) is 0 Å². The van der Waals surface area contributed by atoms with Crippen LogP contribution in [0.3, 0.4) is 0 Å². The fourth-order valence-corrected chi connectivity index (χ4v) is 2.61. The van der Waals surface area contributed by atoms with Crippen LogP contribution in [-0.2, 0) is 23.6 Å². The minimum Gasteiger partial charge on any atom is -0.339 e. The summed E-state index contributed by atoms with van der Waals surface area (Å²) in [5.41, 5.74) is 6.77. The number of nitrogens with two attached hydrogens (primary N) is 1. The third kappa shape index (κ3) is 2.52. The minimum atomic E-state index is -3.66. The molecule has 0 spiro atoms. The predicted molar refractivity (Wildman–Crippen MR) is 68.3 cm³/mol. The Morgan fingerprint density at radius 1 is 1.39 bits per heavy atom. The zero-order valence-electron chi connectivity index (χ0n) is 9.87. The molecule has 0 amide bonds. The maximum Gasteiger partial charge on any atom is 0.280 e. The molecule has 18 heavy (non-hydrogen) atoms. The highest BCUT2D eigenvalue weighted by atomic mass is 32.2. The van der Waals surface area contributed by atoms with Crippen molar-refractivity contribution >= 4 is 15.7 Å². The van der Waals surface area contributed by atoms with E-state index in [0.717, 1.165) is 5.56 Å². The van der Waals surface area contributed by atoms with E-state index in [2.05, 4.69) is 9.71 Å². The first-order chi connectivity index (χ1) is 8.53. The van der Waals surface area contributed by atoms with Gasteiger partial charge in [-0.1, -0.05) is 18.2 Å². The molecule has 2 aromatic rings. The number of sulfonamides is 1. The Balaban J connectivity index is 2.33. The summed E-state index contributed by atoms with van der Waals surface area (Å²) in [6.45, 7) is 0.265. The average Bonchev–Trinajstić information content (AvgIpc) is 2.77. The molecule has 0 saturated carbocycles. The molecule has 7 heteroatoms. The Morgan fingerprint density at radius 3 is 2.72 bits per heavy atom. The van der Waals surface area contributed by atoms with E-state index in [4.69, 9.17) is 5.73 Å². The van der Waals surface area contributed by atoms with E-state index in [-0.39, 0.29) is 11.6 Å². The highest BCUT2D eigenvalue weighted by molar-refractivity contribution is 7.92. The summed E-state index contributed by atoms with van der Waals surface area (Å²) < 4.78 is 28.2. The van der Waals surface area contributed by atoms with Crippen molar-refractivity contribution in [1.29, 1.82) is 0 Å². The number of aryl methyl sites for hydroxylation is 1. The quantitative estimate of drug-likeness (QED) is 0.851. The number of benzene rings is 1. The SMILES string of the molecule is Cn1cnc(S(=O)(=O)Nc2ccccc2CN)c1. The first-order valence-corrected chi connectivity index (χ1v) is 6.80. The van der Waals surface area contributed by atoms with Gasteiger partial charge in [0.25, 0.3) is 10.0 Å². The van der Waals surface area contributed by atoms with Crippen LogP contribution in [0.15, 0.2) is 41.8 Å². The molecular formula is C11H14N4O2S. The largest absolute Gasteiger partial charge is 0.339 e. The molecule has 96 valence electrons. The summed E-state index contributed by atoms with van der Waals surface area (Å²) in [7, 11) is -1.95. The molecule has 0 aliphatic carbocycles. The lowest BCUT2D eigenvalue weighted by atomic mass is 10.2. The Morgan fingerprint density at radius 2 is 2.11 bits per heavy atom. The monoisotopic (exact) mass is 266 g/mol. The van der Waals surface area contributed by atoms with E-state index in [9.17, 15) is 8.42 Å². The summed E-state index contributed by atoms with van der Waals surface area (Å²) >= 11 is 0. The van der Waals surface area contributed by atoms with Crippen LogP contribution in [-0.4, -0.2) is 18.0 Å². The number of nitrogens with one attached hydrogen (secondary N) is 1. The van der Waals surface area contributed by atoms with Crippen LogP contribution in [0.5, 0.6) is 0 Å². The maximum absolute atomic E-state index is 12.1. The topological polar surface area (TPSA) is 90.0 Å².